The zero-order valence-electron chi connectivity index (χ0n) is 14.0. The number of carbonyl (C=O) groups excluding carboxylic acids is 1. The molecule has 0 fully saturated rings. The number of rotatable bonds is 5. The van der Waals surface area contributed by atoms with Crippen LogP contribution >= 0.6 is 0 Å². The van der Waals surface area contributed by atoms with Gasteiger partial charge in [-0.05, 0) is 43.3 Å². The lowest BCUT2D eigenvalue weighted by Gasteiger charge is -2.13. The second-order valence-electron chi connectivity index (χ2n) is 5.67. The average Bonchev–Trinajstić information content (AvgIpc) is 2.64. The van der Waals surface area contributed by atoms with Crippen molar-refractivity contribution in [3.8, 4) is 5.75 Å². The molecule has 0 atom stereocenters. The Kier molecular flexibility index (Phi) is 5.04. The highest BCUT2D eigenvalue weighted by Gasteiger charge is 2.18. The largest absolute Gasteiger partial charge is 0.421 e. The van der Waals surface area contributed by atoms with Crippen LogP contribution in [0, 0.1) is 6.92 Å². The van der Waals surface area contributed by atoms with Crippen LogP contribution in [0.5, 0.6) is 5.75 Å². The van der Waals surface area contributed by atoms with E-state index in [0.717, 1.165) is 5.56 Å². The first kappa shape index (κ1) is 17.7. The van der Waals surface area contributed by atoms with Crippen LogP contribution in [0.4, 0.5) is 5.69 Å². The molecule has 0 spiro atoms. The molecule has 0 unspecified atom stereocenters. The summed E-state index contributed by atoms with van der Waals surface area (Å²) in [5.74, 6) is -0.426. The van der Waals surface area contributed by atoms with Crippen molar-refractivity contribution < 1.29 is 17.9 Å². The summed E-state index contributed by atoms with van der Waals surface area (Å²) in [6, 6.07) is 21.4. The van der Waals surface area contributed by atoms with Crippen molar-refractivity contribution in [2.75, 3.05) is 4.72 Å². The maximum Gasteiger partial charge on any atom is 0.343 e. The first-order valence-corrected chi connectivity index (χ1v) is 9.40. The van der Waals surface area contributed by atoms with Gasteiger partial charge >= 0.3 is 5.97 Å². The van der Waals surface area contributed by atoms with E-state index in [1.54, 1.807) is 60.7 Å². The van der Waals surface area contributed by atoms with Gasteiger partial charge in [-0.15, -0.1) is 0 Å². The fourth-order valence-corrected chi connectivity index (χ4v) is 3.36. The highest BCUT2D eigenvalue weighted by atomic mass is 32.2. The Balaban J connectivity index is 1.85. The molecule has 5 nitrogen and oxygen atoms in total. The minimum absolute atomic E-state index is 0.132. The summed E-state index contributed by atoms with van der Waals surface area (Å²) in [5, 5.41) is 0. The van der Waals surface area contributed by atoms with Crippen molar-refractivity contribution in [2.45, 2.75) is 11.8 Å². The molecular weight excluding hydrogens is 350 g/mol. The summed E-state index contributed by atoms with van der Waals surface area (Å²) < 4.78 is 33.0. The van der Waals surface area contributed by atoms with E-state index in [0.29, 0.717) is 5.56 Å². The molecule has 0 saturated carbocycles. The van der Waals surface area contributed by atoms with E-state index in [-0.39, 0.29) is 16.3 Å². The Labute approximate surface area is 152 Å². The maximum absolute atomic E-state index is 12.6. The molecule has 0 heterocycles. The van der Waals surface area contributed by atoms with E-state index >= 15 is 0 Å². The Hall–Kier alpha value is -3.12. The molecule has 26 heavy (non-hydrogen) atoms. The fourth-order valence-electron chi connectivity index (χ4n) is 2.29. The quantitative estimate of drug-likeness (QED) is 0.546. The predicted molar refractivity (Wildman–Crippen MR) is 99.8 cm³/mol. The summed E-state index contributed by atoms with van der Waals surface area (Å²) in [6.07, 6.45) is 0. The summed E-state index contributed by atoms with van der Waals surface area (Å²) in [7, 11) is -3.79. The number of anilines is 1. The lowest BCUT2D eigenvalue weighted by molar-refractivity contribution is 0.0736. The number of sulfonamides is 1. The third kappa shape index (κ3) is 4.10. The Morgan fingerprint density at radius 2 is 1.46 bits per heavy atom. The van der Waals surface area contributed by atoms with Gasteiger partial charge in [-0.1, -0.05) is 48.0 Å². The molecule has 0 bridgehead atoms. The highest BCUT2D eigenvalue weighted by molar-refractivity contribution is 7.92. The zero-order valence-corrected chi connectivity index (χ0v) is 14.9. The van der Waals surface area contributed by atoms with E-state index in [4.69, 9.17) is 4.74 Å². The number of esters is 1. The van der Waals surface area contributed by atoms with Gasteiger partial charge in [0, 0.05) is 0 Å². The maximum atomic E-state index is 12.6. The number of hydrogen-bond donors (Lipinski definition) is 1. The molecule has 0 radical (unpaired) electrons. The third-order valence-corrected chi connectivity index (χ3v) is 5.06. The van der Waals surface area contributed by atoms with Crippen LogP contribution in [-0.4, -0.2) is 14.4 Å². The summed E-state index contributed by atoms with van der Waals surface area (Å²) in [6.45, 7) is 1.88. The molecular formula is C20H17NO4S. The number of para-hydroxylation sites is 2. The van der Waals surface area contributed by atoms with E-state index < -0.39 is 16.0 Å². The molecule has 0 amide bonds. The second kappa shape index (κ2) is 7.41. The van der Waals surface area contributed by atoms with Gasteiger partial charge < -0.3 is 4.74 Å². The van der Waals surface area contributed by atoms with E-state index in [2.05, 4.69) is 4.72 Å². The number of hydrogen-bond acceptors (Lipinski definition) is 4. The first-order chi connectivity index (χ1) is 12.5. The van der Waals surface area contributed by atoms with Gasteiger partial charge in [0.1, 0.15) is 0 Å². The number of ether oxygens (including phenoxy) is 1. The topological polar surface area (TPSA) is 72.5 Å². The molecule has 0 saturated heterocycles. The van der Waals surface area contributed by atoms with Crippen molar-refractivity contribution in [3.63, 3.8) is 0 Å². The lowest BCUT2D eigenvalue weighted by Crippen LogP contribution is -2.15. The number of carbonyl (C=O) groups is 1. The van der Waals surface area contributed by atoms with Gasteiger partial charge in [-0.3, -0.25) is 4.72 Å². The smallest absolute Gasteiger partial charge is 0.343 e. The molecule has 3 aromatic rings. The van der Waals surface area contributed by atoms with Crippen molar-refractivity contribution >= 4 is 21.7 Å². The van der Waals surface area contributed by atoms with Gasteiger partial charge in [0.2, 0.25) is 0 Å². The molecule has 3 aromatic carbocycles. The minimum Gasteiger partial charge on any atom is -0.421 e. The molecule has 1 N–H and O–H groups in total. The SMILES string of the molecule is Cc1ccc(S(=O)(=O)Nc2ccccc2OC(=O)c2ccccc2)cc1. The predicted octanol–water partition coefficient (Wildman–Crippen LogP) is 4.02. The highest BCUT2D eigenvalue weighted by Crippen LogP contribution is 2.27. The Morgan fingerprint density at radius 3 is 2.15 bits per heavy atom. The molecule has 0 aliphatic rings. The normalized spacial score (nSPS) is 11.0. The van der Waals surface area contributed by atoms with Crippen molar-refractivity contribution in [2.24, 2.45) is 0 Å². The Bertz CT molecular complexity index is 1010. The van der Waals surface area contributed by atoms with Gasteiger partial charge in [-0.25, -0.2) is 13.2 Å². The van der Waals surface area contributed by atoms with Crippen LogP contribution in [0.2, 0.25) is 0 Å². The van der Waals surface area contributed by atoms with Gasteiger partial charge in [0.15, 0.2) is 5.75 Å². The molecule has 132 valence electrons. The standard InChI is InChI=1S/C20H17NO4S/c1-15-11-13-17(14-12-15)26(23,24)21-18-9-5-6-10-19(18)25-20(22)16-7-3-2-4-8-16/h2-14,21H,1H3. The molecule has 0 aliphatic carbocycles. The zero-order chi connectivity index (χ0) is 18.6. The van der Waals surface area contributed by atoms with Crippen LogP contribution in [0.25, 0.3) is 0 Å². The second-order valence-corrected chi connectivity index (χ2v) is 7.35. The van der Waals surface area contributed by atoms with Crippen LogP contribution in [-0.2, 0) is 10.0 Å². The van der Waals surface area contributed by atoms with E-state index in [1.165, 1.54) is 18.2 Å². The lowest BCUT2D eigenvalue weighted by atomic mass is 10.2. The van der Waals surface area contributed by atoms with Crippen molar-refractivity contribution in [3.05, 3.63) is 90.0 Å². The van der Waals surface area contributed by atoms with Gasteiger partial charge in [-0.2, -0.15) is 0 Å². The van der Waals surface area contributed by atoms with E-state index in [1.807, 2.05) is 6.92 Å². The average molecular weight is 367 g/mol. The number of nitrogens with one attached hydrogen (secondary N) is 1. The van der Waals surface area contributed by atoms with Crippen molar-refractivity contribution in [1.29, 1.82) is 0 Å². The van der Waals surface area contributed by atoms with Gasteiger partial charge in [0.05, 0.1) is 16.1 Å². The number of aryl methyl sites for hydroxylation is 1. The van der Waals surface area contributed by atoms with Crippen LogP contribution in [0.15, 0.2) is 83.8 Å². The Morgan fingerprint density at radius 1 is 0.846 bits per heavy atom. The number of benzene rings is 3. The molecule has 6 heteroatoms. The summed E-state index contributed by atoms with van der Waals surface area (Å²) in [5.41, 5.74) is 1.53. The molecule has 0 aromatic heterocycles. The van der Waals surface area contributed by atoms with E-state index in [9.17, 15) is 13.2 Å². The van der Waals surface area contributed by atoms with Gasteiger partial charge in [0.25, 0.3) is 10.0 Å². The van der Waals surface area contributed by atoms with Crippen LogP contribution in [0.1, 0.15) is 15.9 Å². The molecule has 3 rings (SSSR count). The molecule has 0 aliphatic heterocycles. The van der Waals surface area contributed by atoms with Crippen LogP contribution < -0.4 is 9.46 Å². The van der Waals surface area contributed by atoms with Crippen LogP contribution in [0.3, 0.4) is 0 Å². The monoisotopic (exact) mass is 367 g/mol. The minimum atomic E-state index is -3.79. The van der Waals surface area contributed by atoms with Crippen molar-refractivity contribution in [1.82, 2.24) is 0 Å². The summed E-state index contributed by atoms with van der Waals surface area (Å²) in [4.78, 5) is 12.4. The fraction of sp³-hybridized carbons (Fsp3) is 0.0500. The summed E-state index contributed by atoms with van der Waals surface area (Å²) >= 11 is 0. The third-order valence-electron chi connectivity index (χ3n) is 3.67. The first-order valence-electron chi connectivity index (χ1n) is 7.91.